The van der Waals surface area contributed by atoms with E-state index in [4.69, 9.17) is 14.2 Å². The van der Waals surface area contributed by atoms with E-state index in [1.54, 1.807) is 0 Å². The van der Waals surface area contributed by atoms with Gasteiger partial charge in [0.2, 0.25) is 11.8 Å². The number of fused-ring (bicyclic) bond motifs is 1. The molecule has 0 saturated carbocycles. The number of carbonyl (C=O) groups excluding carboxylic acids is 1. The summed E-state index contributed by atoms with van der Waals surface area (Å²) >= 11 is 0. The van der Waals surface area contributed by atoms with Gasteiger partial charge in [0, 0.05) is 57.3 Å². The van der Waals surface area contributed by atoms with Crippen molar-refractivity contribution in [1.82, 2.24) is 24.7 Å². The van der Waals surface area contributed by atoms with Crippen LogP contribution in [0, 0.1) is 0 Å². The van der Waals surface area contributed by atoms with Crippen molar-refractivity contribution in [2.75, 3.05) is 53.6 Å². The fraction of sp³-hybridized carbons (Fsp3) is 0.452. The lowest BCUT2D eigenvalue weighted by Gasteiger charge is -2.53. The third kappa shape index (κ3) is 7.64. The first-order valence-corrected chi connectivity index (χ1v) is 14.5. The largest absolute Gasteiger partial charge is 0.481 e. The summed E-state index contributed by atoms with van der Waals surface area (Å²) in [6.45, 7) is -1.19. The molecule has 2 atom stereocenters. The van der Waals surface area contributed by atoms with Crippen molar-refractivity contribution < 1.29 is 45.3 Å². The van der Waals surface area contributed by atoms with Crippen LogP contribution in [0.1, 0.15) is 22.6 Å². The maximum Gasteiger partial charge on any atom is 0.471 e. The molecule has 2 saturated heterocycles. The zero-order valence-electron chi connectivity index (χ0n) is 25.1. The Bertz CT molecular complexity index is 1440. The molecule has 3 aromatic rings. The van der Waals surface area contributed by atoms with Gasteiger partial charge in [0.25, 0.3) is 0 Å². The molecule has 2 aliphatic heterocycles. The highest BCUT2D eigenvalue weighted by Crippen LogP contribution is 2.38. The lowest BCUT2D eigenvalue weighted by atomic mass is 9.81. The van der Waals surface area contributed by atoms with E-state index in [1.165, 1.54) is 14.2 Å². The first kappa shape index (κ1) is 33.3. The van der Waals surface area contributed by atoms with Gasteiger partial charge < -0.3 is 19.1 Å². The van der Waals surface area contributed by atoms with Gasteiger partial charge in [-0.25, -0.2) is 0 Å². The molecule has 15 heteroatoms. The van der Waals surface area contributed by atoms with Crippen LogP contribution in [0.25, 0.3) is 0 Å². The minimum Gasteiger partial charge on any atom is -0.481 e. The van der Waals surface area contributed by atoms with Crippen molar-refractivity contribution in [1.29, 1.82) is 0 Å². The average Bonchev–Trinajstić information content (AvgIpc) is 3.03. The molecule has 3 heterocycles. The number of carbonyl (C=O) groups is 1. The van der Waals surface area contributed by atoms with Crippen LogP contribution in [-0.4, -0.2) is 109 Å². The summed E-state index contributed by atoms with van der Waals surface area (Å²) in [7, 11) is 2.54. The number of benzene rings is 2. The van der Waals surface area contributed by atoms with E-state index in [1.807, 2.05) is 65.6 Å². The zero-order valence-corrected chi connectivity index (χ0v) is 25.1. The number of piperazine rings is 2. The Morgan fingerprint density at radius 2 is 1.46 bits per heavy atom. The van der Waals surface area contributed by atoms with Crippen LogP contribution in [0.2, 0.25) is 0 Å². The maximum atomic E-state index is 13.5. The summed E-state index contributed by atoms with van der Waals surface area (Å²) < 4.78 is 95.4. The number of alkyl halides is 6. The Morgan fingerprint density at radius 1 is 0.848 bits per heavy atom. The predicted molar refractivity (Wildman–Crippen MR) is 154 cm³/mol. The third-order valence-electron chi connectivity index (χ3n) is 8.14. The SMILES string of the molecule is COc1nc(OC)c(CN2CC(C(c3ccccc3)c3ccccc3)N3CCN(C(=O)C(F)(F)F)C[C@H]3C2)c(OCC(F)(F)F)n1. The Morgan fingerprint density at radius 3 is 2.00 bits per heavy atom. The molecule has 248 valence electrons. The summed E-state index contributed by atoms with van der Waals surface area (Å²) in [6, 6.07) is 18.3. The third-order valence-corrected chi connectivity index (χ3v) is 8.14. The smallest absolute Gasteiger partial charge is 0.471 e. The van der Waals surface area contributed by atoms with E-state index in [0.29, 0.717) is 6.54 Å². The number of hydrogen-bond acceptors (Lipinski definition) is 8. The van der Waals surface area contributed by atoms with Crippen molar-refractivity contribution >= 4 is 5.91 Å². The molecule has 2 aromatic carbocycles. The Kier molecular flexibility index (Phi) is 9.91. The van der Waals surface area contributed by atoms with Gasteiger partial charge in [-0.15, -0.1) is 0 Å². The number of methoxy groups -OCH3 is 2. The first-order valence-electron chi connectivity index (χ1n) is 14.5. The van der Waals surface area contributed by atoms with Gasteiger partial charge >= 0.3 is 24.3 Å². The zero-order chi connectivity index (χ0) is 33.1. The average molecular weight is 654 g/mol. The van der Waals surface area contributed by atoms with Gasteiger partial charge in [-0.1, -0.05) is 60.7 Å². The number of nitrogens with zero attached hydrogens (tertiary/aromatic N) is 5. The summed E-state index contributed by atoms with van der Waals surface area (Å²) in [4.78, 5) is 25.3. The lowest BCUT2D eigenvalue weighted by molar-refractivity contribution is -0.189. The molecular weight excluding hydrogens is 620 g/mol. The highest BCUT2D eigenvalue weighted by Gasteiger charge is 2.48. The molecule has 0 N–H and O–H groups in total. The molecule has 1 unspecified atom stereocenters. The van der Waals surface area contributed by atoms with Crippen LogP contribution in [0.4, 0.5) is 26.3 Å². The van der Waals surface area contributed by atoms with Crippen molar-refractivity contribution in [3.63, 3.8) is 0 Å². The van der Waals surface area contributed by atoms with Crippen LogP contribution >= 0.6 is 0 Å². The second-order valence-electron chi connectivity index (χ2n) is 11.1. The van der Waals surface area contributed by atoms with Crippen molar-refractivity contribution in [2.24, 2.45) is 0 Å². The standard InChI is InChI=1S/C31H33F6N5O4/c1-44-26-23(27(39-29(38-26)45-2)46-19-30(32,33)34)17-40-15-22-16-41(28(43)31(35,36)37)13-14-42(22)24(18-40)25(20-9-5-3-6-10-20)21-11-7-4-8-12-21/h3-12,22,24-25H,13-19H2,1-2H3/t22-,24?/m1/s1. The normalized spacial score (nSPS) is 19.5. The van der Waals surface area contributed by atoms with Crippen LogP contribution in [0.15, 0.2) is 60.7 Å². The summed E-state index contributed by atoms with van der Waals surface area (Å²) in [5.74, 6) is -2.59. The van der Waals surface area contributed by atoms with E-state index < -0.39 is 30.9 Å². The van der Waals surface area contributed by atoms with E-state index in [9.17, 15) is 31.1 Å². The molecule has 0 radical (unpaired) electrons. The molecule has 2 aliphatic rings. The topological polar surface area (TPSA) is 80.3 Å². The van der Waals surface area contributed by atoms with E-state index in [2.05, 4.69) is 14.9 Å². The van der Waals surface area contributed by atoms with Crippen molar-refractivity contribution in [3.8, 4) is 17.8 Å². The monoisotopic (exact) mass is 653 g/mol. The second kappa shape index (κ2) is 13.7. The fourth-order valence-electron chi connectivity index (χ4n) is 6.27. The predicted octanol–water partition coefficient (Wildman–Crippen LogP) is 4.53. The van der Waals surface area contributed by atoms with Gasteiger partial charge in [0.1, 0.15) is 0 Å². The van der Waals surface area contributed by atoms with Gasteiger partial charge in [-0.2, -0.15) is 36.3 Å². The van der Waals surface area contributed by atoms with Crippen LogP contribution < -0.4 is 14.2 Å². The molecule has 0 bridgehead atoms. The number of hydrogen-bond donors (Lipinski definition) is 0. The summed E-state index contributed by atoms with van der Waals surface area (Å²) in [6.07, 6.45) is -9.68. The molecular formula is C31H33F6N5O4. The molecule has 9 nitrogen and oxygen atoms in total. The van der Waals surface area contributed by atoms with Gasteiger partial charge in [-0.05, 0) is 11.1 Å². The fourth-order valence-corrected chi connectivity index (χ4v) is 6.27. The second-order valence-corrected chi connectivity index (χ2v) is 11.1. The summed E-state index contributed by atoms with van der Waals surface area (Å²) in [5.41, 5.74) is 2.08. The Labute approximate surface area is 261 Å². The Hall–Kier alpha value is -4.11. The lowest BCUT2D eigenvalue weighted by Crippen LogP contribution is -2.68. The Balaban J connectivity index is 1.55. The molecule has 46 heavy (non-hydrogen) atoms. The van der Waals surface area contributed by atoms with E-state index in [-0.39, 0.29) is 68.0 Å². The highest BCUT2D eigenvalue weighted by molar-refractivity contribution is 5.82. The number of aromatic nitrogens is 2. The molecule has 2 fully saturated rings. The van der Waals surface area contributed by atoms with Crippen molar-refractivity contribution in [2.45, 2.75) is 36.9 Å². The van der Waals surface area contributed by atoms with Crippen LogP contribution in [0.5, 0.6) is 17.8 Å². The number of halogens is 6. The molecule has 5 rings (SSSR count). The number of ether oxygens (including phenoxy) is 3. The summed E-state index contributed by atoms with van der Waals surface area (Å²) in [5, 5.41) is 0. The van der Waals surface area contributed by atoms with E-state index in [0.717, 1.165) is 16.0 Å². The molecule has 0 aliphatic carbocycles. The molecule has 1 aromatic heterocycles. The number of amides is 1. The quantitative estimate of drug-likeness (QED) is 0.312. The van der Waals surface area contributed by atoms with Crippen LogP contribution in [0.3, 0.4) is 0 Å². The molecule has 0 spiro atoms. The van der Waals surface area contributed by atoms with Gasteiger partial charge in [-0.3, -0.25) is 14.6 Å². The van der Waals surface area contributed by atoms with Crippen molar-refractivity contribution in [3.05, 3.63) is 77.4 Å². The van der Waals surface area contributed by atoms with E-state index >= 15 is 0 Å². The minimum atomic E-state index is -5.02. The minimum absolute atomic E-state index is 0.0509. The van der Waals surface area contributed by atoms with Gasteiger partial charge in [0.15, 0.2) is 6.61 Å². The van der Waals surface area contributed by atoms with Crippen LogP contribution in [-0.2, 0) is 11.3 Å². The molecule has 1 amide bonds. The highest BCUT2D eigenvalue weighted by atomic mass is 19.4. The maximum absolute atomic E-state index is 13.5. The van der Waals surface area contributed by atoms with Gasteiger partial charge in [0.05, 0.1) is 19.8 Å². The first-order chi connectivity index (χ1) is 21.9. The number of rotatable bonds is 9.